The number of hydrogen-bond acceptors (Lipinski definition) is 6. The molecule has 2 aromatic carbocycles. The first-order valence-corrected chi connectivity index (χ1v) is 11.0. The van der Waals surface area contributed by atoms with Crippen molar-refractivity contribution in [1.82, 2.24) is 9.71 Å². The molecule has 0 spiro atoms. The van der Waals surface area contributed by atoms with E-state index in [0.717, 1.165) is 21.7 Å². The fourth-order valence-electron chi connectivity index (χ4n) is 2.73. The van der Waals surface area contributed by atoms with Gasteiger partial charge in [-0.3, -0.25) is 4.79 Å². The number of esters is 1. The van der Waals surface area contributed by atoms with Crippen molar-refractivity contribution in [3.8, 4) is 10.6 Å². The Labute approximate surface area is 172 Å². The van der Waals surface area contributed by atoms with Crippen molar-refractivity contribution >= 4 is 28.7 Å². The number of carbonyl (C=O) groups is 1. The predicted molar refractivity (Wildman–Crippen MR) is 112 cm³/mol. The van der Waals surface area contributed by atoms with E-state index in [1.807, 2.05) is 60.8 Å². The molecule has 7 heteroatoms. The Morgan fingerprint density at radius 2 is 2.07 bits per heavy atom. The Balaban J connectivity index is 1.85. The number of aryl methyl sites for hydroxylation is 1. The summed E-state index contributed by atoms with van der Waals surface area (Å²) in [5.74, 6) is -0.333. The number of thiazole rings is 1. The minimum atomic E-state index is -1.46. The molecule has 3 rings (SSSR count). The van der Waals surface area contributed by atoms with Crippen LogP contribution in [0.25, 0.3) is 10.6 Å². The van der Waals surface area contributed by atoms with Crippen molar-refractivity contribution < 1.29 is 14.1 Å². The summed E-state index contributed by atoms with van der Waals surface area (Å²) in [7, 11) is 0. The normalized spacial score (nSPS) is 13.1. The molecule has 146 valence electrons. The summed E-state index contributed by atoms with van der Waals surface area (Å²) in [6.07, 6.45) is 1.85. The molecule has 0 aliphatic carbocycles. The number of hydrogen-bond donors (Lipinski definition) is 1. The fourth-order valence-corrected chi connectivity index (χ4v) is 4.36. The van der Waals surface area contributed by atoms with Crippen molar-refractivity contribution in [2.75, 3.05) is 6.61 Å². The monoisotopic (exact) mass is 414 g/mol. The standard InChI is InChI=1S/C21H22N2O3S2/c1-3-26-20(24)14-19(23-28(25)18-9-7-15(2)8-10-18)16-5-4-6-17(13-16)21-22-11-12-27-21/h4-13,19,23H,3,14H2,1-2H3/t19-,28+/m0/s1. The fraction of sp³-hybridized carbons (Fsp3) is 0.238. The van der Waals surface area contributed by atoms with Gasteiger partial charge in [0.15, 0.2) is 4.90 Å². The highest BCUT2D eigenvalue weighted by atomic mass is 32.2. The van der Waals surface area contributed by atoms with Crippen molar-refractivity contribution in [3.63, 3.8) is 0 Å². The smallest absolute Gasteiger partial charge is 0.307 e. The number of aromatic nitrogens is 1. The molecule has 5 nitrogen and oxygen atoms in total. The molecular formula is C21H22N2O3S2. The number of carbonyl (C=O) groups excluding carboxylic acids is 1. The number of nitrogens with one attached hydrogen (secondary N) is 1. The highest BCUT2D eigenvalue weighted by Crippen LogP contribution is 2.27. The first kappa shape index (κ1) is 20.5. The zero-order valence-electron chi connectivity index (χ0n) is 15.8. The summed E-state index contributed by atoms with van der Waals surface area (Å²) in [6.45, 7) is 4.06. The third kappa shape index (κ3) is 5.42. The molecule has 0 bridgehead atoms. The molecule has 1 N–H and O–H groups in total. The minimum absolute atomic E-state index is 0.0900. The third-order valence-electron chi connectivity index (χ3n) is 4.13. The van der Waals surface area contributed by atoms with Gasteiger partial charge in [0.05, 0.1) is 30.4 Å². The van der Waals surface area contributed by atoms with Crippen LogP contribution < -0.4 is 4.72 Å². The molecule has 1 heterocycles. The molecule has 0 saturated heterocycles. The van der Waals surface area contributed by atoms with Crippen LogP contribution in [0.3, 0.4) is 0 Å². The van der Waals surface area contributed by atoms with E-state index in [1.54, 1.807) is 24.5 Å². The number of rotatable bonds is 8. The summed E-state index contributed by atoms with van der Waals surface area (Å²) in [5.41, 5.74) is 2.92. The maximum absolute atomic E-state index is 12.8. The van der Waals surface area contributed by atoms with Gasteiger partial charge in [0.2, 0.25) is 0 Å². The Kier molecular flexibility index (Phi) is 7.22. The average molecular weight is 415 g/mol. The van der Waals surface area contributed by atoms with Gasteiger partial charge in [-0.05, 0) is 37.6 Å². The van der Waals surface area contributed by atoms with Crippen LogP contribution >= 0.6 is 11.3 Å². The van der Waals surface area contributed by atoms with Gasteiger partial charge in [-0.1, -0.05) is 35.9 Å². The van der Waals surface area contributed by atoms with Gasteiger partial charge >= 0.3 is 5.97 Å². The highest BCUT2D eigenvalue weighted by Gasteiger charge is 2.24. The van der Waals surface area contributed by atoms with Crippen LogP contribution in [-0.2, 0) is 20.9 Å². The van der Waals surface area contributed by atoms with Gasteiger partial charge in [0.25, 0.3) is 0 Å². The Bertz CT molecular complexity index is 898. The van der Waals surface area contributed by atoms with Crippen molar-refractivity contribution in [2.24, 2.45) is 0 Å². The van der Waals surface area contributed by atoms with E-state index >= 15 is 0 Å². The first-order valence-electron chi connectivity index (χ1n) is 8.97. The molecule has 0 radical (unpaired) electrons. The molecule has 0 fully saturated rings. The van der Waals surface area contributed by atoms with E-state index in [-0.39, 0.29) is 12.4 Å². The maximum Gasteiger partial charge on any atom is 0.307 e. The largest absolute Gasteiger partial charge is 0.593 e. The minimum Gasteiger partial charge on any atom is -0.593 e. The predicted octanol–water partition coefficient (Wildman–Crippen LogP) is 4.43. The highest BCUT2D eigenvalue weighted by molar-refractivity contribution is 7.89. The third-order valence-corrected chi connectivity index (χ3v) is 6.15. The summed E-state index contributed by atoms with van der Waals surface area (Å²) in [5, 5.41) is 2.82. The maximum atomic E-state index is 12.8. The topological polar surface area (TPSA) is 74.3 Å². The molecule has 0 aliphatic rings. The lowest BCUT2D eigenvalue weighted by Crippen LogP contribution is -2.30. The summed E-state index contributed by atoms with van der Waals surface area (Å²) in [4.78, 5) is 17.1. The molecule has 0 aliphatic heterocycles. The quantitative estimate of drug-likeness (QED) is 0.436. The van der Waals surface area contributed by atoms with E-state index in [1.165, 1.54) is 0 Å². The van der Waals surface area contributed by atoms with E-state index in [0.29, 0.717) is 11.5 Å². The summed E-state index contributed by atoms with van der Waals surface area (Å²) in [6, 6.07) is 14.8. The first-order chi connectivity index (χ1) is 13.6. The van der Waals surface area contributed by atoms with Gasteiger partial charge in [-0.15, -0.1) is 16.1 Å². The number of benzene rings is 2. The molecule has 2 atom stereocenters. The van der Waals surface area contributed by atoms with E-state index in [4.69, 9.17) is 4.74 Å². The van der Waals surface area contributed by atoms with Crippen LogP contribution in [0.1, 0.15) is 30.5 Å². The molecule has 1 aromatic heterocycles. The molecule has 0 saturated carbocycles. The molecule has 0 unspecified atom stereocenters. The second-order valence-electron chi connectivity index (χ2n) is 6.22. The van der Waals surface area contributed by atoms with Gasteiger partial charge in [0, 0.05) is 17.1 Å². The summed E-state index contributed by atoms with van der Waals surface area (Å²) >= 11 is 0.0907. The molecule has 28 heavy (non-hydrogen) atoms. The Hall–Kier alpha value is -2.19. The van der Waals surface area contributed by atoms with Gasteiger partial charge in [-0.2, -0.15) is 0 Å². The number of nitrogens with zero attached hydrogens (tertiary/aromatic N) is 1. The second kappa shape index (κ2) is 9.84. The Morgan fingerprint density at radius 1 is 1.29 bits per heavy atom. The Morgan fingerprint density at radius 3 is 2.75 bits per heavy atom. The number of ether oxygens (including phenoxy) is 1. The van der Waals surface area contributed by atoms with Crippen molar-refractivity contribution in [3.05, 3.63) is 71.2 Å². The van der Waals surface area contributed by atoms with E-state index < -0.39 is 17.4 Å². The molecule has 3 aromatic rings. The SMILES string of the molecule is CCOC(=O)C[C@H](N[S@+]([O-])c1ccc(C)cc1)c1cccc(-c2nccs2)c1. The lowest BCUT2D eigenvalue weighted by molar-refractivity contribution is -0.143. The van der Waals surface area contributed by atoms with E-state index in [9.17, 15) is 9.35 Å². The van der Waals surface area contributed by atoms with Crippen LogP contribution in [0, 0.1) is 6.92 Å². The van der Waals surface area contributed by atoms with Crippen molar-refractivity contribution in [1.29, 1.82) is 0 Å². The van der Waals surface area contributed by atoms with Crippen LogP contribution in [-0.4, -0.2) is 22.1 Å². The summed E-state index contributed by atoms with van der Waals surface area (Å²) < 4.78 is 21.0. The lowest BCUT2D eigenvalue weighted by Gasteiger charge is -2.20. The molecular weight excluding hydrogens is 392 g/mol. The molecule has 0 amide bonds. The van der Waals surface area contributed by atoms with Gasteiger partial charge in [0.1, 0.15) is 5.01 Å². The van der Waals surface area contributed by atoms with Crippen molar-refractivity contribution in [2.45, 2.75) is 31.2 Å². The van der Waals surface area contributed by atoms with Crippen LogP contribution in [0.4, 0.5) is 0 Å². The van der Waals surface area contributed by atoms with Crippen LogP contribution in [0.5, 0.6) is 0 Å². The van der Waals surface area contributed by atoms with E-state index in [2.05, 4.69) is 9.71 Å². The lowest BCUT2D eigenvalue weighted by atomic mass is 10.0. The average Bonchev–Trinajstić information content (AvgIpc) is 3.23. The van der Waals surface area contributed by atoms with Crippen LogP contribution in [0.15, 0.2) is 65.0 Å². The van der Waals surface area contributed by atoms with Gasteiger partial charge < -0.3 is 9.29 Å². The zero-order chi connectivity index (χ0) is 19.9. The second-order valence-corrected chi connectivity index (χ2v) is 8.36. The van der Waals surface area contributed by atoms with Gasteiger partial charge in [-0.25, -0.2) is 4.98 Å². The van der Waals surface area contributed by atoms with Crippen LogP contribution in [0.2, 0.25) is 0 Å². The zero-order valence-corrected chi connectivity index (χ0v) is 17.4.